The van der Waals surface area contributed by atoms with Gasteiger partial charge in [-0.05, 0) is 25.3 Å². The fourth-order valence-electron chi connectivity index (χ4n) is 3.01. The molecule has 3 amide bonds. The van der Waals surface area contributed by atoms with Crippen LogP contribution in [0.2, 0.25) is 0 Å². The van der Waals surface area contributed by atoms with Gasteiger partial charge in [-0.2, -0.15) is 4.98 Å². The molecule has 2 aromatic rings. The van der Waals surface area contributed by atoms with E-state index in [2.05, 4.69) is 32.8 Å². The molecule has 0 spiro atoms. The average molecular weight is 432 g/mol. The highest BCUT2D eigenvalue weighted by molar-refractivity contribution is 5.88. The zero-order valence-corrected chi connectivity index (χ0v) is 18.2. The van der Waals surface area contributed by atoms with Crippen molar-refractivity contribution in [2.45, 2.75) is 64.8 Å². The van der Waals surface area contributed by atoms with Gasteiger partial charge in [0.2, 0.25) is 0 Å². The van der Waals surface area contributed by atoms with Crippen molar-refractivity contribution in [2.75, 3.05) is 18.4 Å². The molecule has 31 heavy (non-hydrogen) atoms. The molecule has 10 heteroatoms. The lowest BCUT2D eigenvalue weighted by molar-refractivity contribution is 0.242. The van der Waals surface area contributed by atoms with Crippen LogP contribution in [0.3, 0.4) is 0 Å². The van der Waals surface area contributed by atoms with E-state index in [1.54, 1.807) is 24.7 Å². The van der Waals surface area contributed by atoms with Crippen LogP contribution in [-0.4, -0.2) is 44.3 Å². The highest BCUT2D eigenvalue weighted by atomic mass is 16.2. The molecule has 170 valence electrons. The summed E-state index contributed by atoms with van der Waals surface area (Å²) < 4.78 is 2.93. The third-order valence-electron chi connectivity index (χ3n) is 4.77. The van der Waals surface area contributed by atoms with Crippen molar-refractivity contribution in [2.24, 2.45) is 0 Å². The number of urea groups is 1. The fourth-order valence-corrected chi connectivity index (χ4v) is 3.01. The first-order valence-electron chi connectivity index (χ1n) is 11.0. The maximum Gasteiger partial charge on any atom is 0.349 e. The molecule has 10 nitrogen and oxygen atoms in total. The molecule has 0 unspecified atom stereocenters. The van der Waals surface area contributed by atoms with E-state index in [9.17, 15) is 14.4 Å². The summed E-state index contributed by atoms with van der Waals surface area (Å²) in [7, 11) is 0. The van der Waals surface area contributed by atoms with Crippen molar-refractivity contribution in [1.82, 2.24) is 29.7 Å². The topological polar surface area (TPSA) is 123 Å². The van der Waals surface area contributed by atoms with Gasteiger partial charge in [0.1, 0.15) is 12.1 Å². The van der Waals surface area contributed by atoms with E-state index in [1.165, 1.54) is 15.5 Å². The van der Waals surface area contributed by atoms with Crippen LogP contribution in [-0.2, 0) is 6.54 Å². The van der Waals surface area contributed by atoms with Crippen LogP contribution in [0, 0.1) is 0 Å². The summed E-state index contributed by atoms with van der Waals surface area (Å²) >= 11 is 0. The maximum atomic E-state index is 12.1. The lowest BCUT2D eigenvalue weighted by Gasteiger charge is -2.09. The van der Waals surface area contributed by atoms with E-state index in [0.717, 1.165) is 51.4 Å². The Morgan fingerprint density at radius 1 is 0.968 bits per heavy atom. The molecule has 0 saturated carbocycles. The van der Waals surface area contributed by atoms with Gasteiger partial charge in [0, 0.05) is 38.2 Å². The number of aryl methyl sites for hydroxylation is 1. The van der Waals surface area contributed by atoms with E-state index < -0.39 is 0 Å². The molecule has 0 saturated heterocycles. The summed E-state index contributed by atoms with van der Waals surface area (Å²) in [5, 5.41) is 8.19. The molecule has 0 fully saturated rings. The number of imidazole rings is 1. The minimum absolute atomic E-state index is 0.186. The quantitative estimate of drug-likeness (QED) is 0.421. The second-order valence-corrected chi connectivity index (χ2v) is 7.35. The Labute approximate surface area is 182 Å². The van der Waals surface area contributed by atoms with Gasteiger partial charge < -0.3 is 10.6 Å². The molecule has 0 bridgehead atoms. The zero-order valence-electron chi connectivity index (χ0n) is 18.2. The van der Waals surface area contributed by atoms with Crippen LogP contribution < -0.4 is 21.6 Å². The monoisotopic (exact) mass is 431 g/mol. The molecule has 2 heterocycles. The number of nitrogens with one attached hydrogen (secondary N) is 3. The summed E-state index contributed by atoms with van der Waals surface area (Å²) in [6.45, 7) is 3.91. The van der Waals surface area contributed by atoms with Crippen molar-refractivity contribution in [1.29, 1.82) is 0 Å². The standard InChI is InChI=1S/C21H33N7O3/c1-2-3-4-7-11-23-19(29)25-18-10-15-27(21(31)26-18)14-9-6-5-8-12-24-20(30)28-16-13-22-17-28/h10,13,15-17H,2-9,11-12,14H2,1H3,(H,24,30)(H2,23,25,26,29,31). The number of amides is 3. The summed E-state index contributed by atoms with van der Waals surface area (Å²) in [6.07, 6.45) is 14.2. The number of hydrogen-bond donors (Lipinski definition) is 3. The van der Waals surface area contributed by atoms with Gasteiger partial charge in [0.15, 0.2) is 0 Å². The van der Waals surface area contributed by atoms with Crippen LogP contribution in [0.1, 0.15) is 58.3 Å². The Morgan fingerprint density at radius 2 is 1.71 bits per heavy atom. The number of unbranched alkanes of at least 4 members (excludes halogenated alkanes) is 6. The molecule has 2 rings (SSSR count). The lowest BCUT2D eigenvalue weighted by Crippen LogP contribution is -2.31. The first-order valence-corrected chi connectivity index (χ1v) is 11.0. The van der Waals surface area contributed by atoms with E-state index in [0.29, 0.717) is 19.6 Å². The Hall–Kier alpha value is -3.17. The fraction of sp³-hybridized carbons (Fsp3) is 0.571. The summed E-state index contributed by atoms with van der Waals surface area (Å²) in [5.74, 6) is 0.251. The first kappa shape index (κ1) is 24.1. The molecule has 0 aliphatic heterocycles. The Morgan fingerprint density at radius 3 is 2.42 bits per heavy atom. The van der Waals surface area contributed by atoms with Crippen LogP contribution in [0.4, 0.5) is 15.4 Å². The van der Waals surface area contributed by atoms with Crippen molar-refractivity contribution in [3.8, 4) is 0 Å². The molecule has 3 N–H and O–H groups in total. The number of rotatable bonds is 13. The average Bonchev–Trinajstić information content (AvgIpc) is 3.29. The van der Waals surface area contributed by atoms with Crippen LogP contribution in [0.5, 0.6) is 0 Å². The van der Waals surface area contributed by atoms with Crippen LogP contribution in [0.25, 0.3) is 0 Å². The molecular formula is C21H33N7O3. The number of hydrogen-bond acceptors (Lipinski definition) is 5. The Kier molecular flexibility index (Phi) is 10.8. The predicted molar refractivity (Wildman–Crippen MR) is 119 cm³/mol. The summed E-state index contributed by atoms with van der Waals surface area (Å²) in [5.41, 5.74) is -0.381. The van der Waals surface area contributed by atoms with Crippen LogP contribution >= 0.6 is 0 Å². The highest BCUT2D eigenvalue weighted by Gasteiger charge is 2.05. The SMILES string of the molecule is CCCCCCNC(=O)Nc1ccn(CCCCCCNC(=O)n2ccnc2)c(=O)n1. The minimum Gasteiger partial charge on any atom is -0.338 e. The molecule has 0 aliphatic rings. The molecule has 0 aliphatic carbocycles. The second-order valence-electron chi connectivity index (χ2n) is 7.35. The largest absolute Gasteiger partial charge is 0.349 e. The number of nitrogens with zero attached hydrogens (tertiary/aromatic N) is 4. The number of aromatic nitrogens is 4. The summed E-state index contributed by atoms with van der Waals surface area (Å²) in [6, 6.07) is 1.10. The molecular weight excluding hydrogens is 398 g/mol. The molecule has 0 radical (unpaired) electrons. The van der Waals surface area contributed by atoms with Crippen molar-refractivity contribution in [3.05, 3.63) is 41.5 Å². The van der Waals surface area contributed by atoms with E-state index in [4.69, 9.17) is 0 Å². The van der Waals surface area contributed by atoms with Gasteiger partial charge in [0.25, 0.3) is 0 Å². The third kappa shape index (κ3) is 9.45. The Balaban J connectivity index is 1.58. The molecule has 2 aromatic heterocycles. The van der Waals surface area contributed by atoms with Crippen LogP contribution in [0.15, 0.2) is 35.8 Å². The molecule has 0 atom stereocenters. The molecule has 0 aromatic carbocycles. The maximum absolute atomic E-state index is 12.1. The zero-order chi connectivity index (χ0) is 22.3. The number of anilines is 1. The smallest absolute Gasteiger partial charge is 0.338 e. The van der Waals surface area contributed by atoms with Gasteiger partial charge in [0.05, 0.1) is 0 Å². The van der Waals surface area contributed by atoms with Gasteiger partial charge in [-0.25, -0.2) is 19.4 Å². The third-order valence-corrected chi connectivity index (χ3v) is 4.77. The van der Waals surface area contributed by atoms with Crippen molar-refractivity contribution in [3.63, 3.8) is 0 Å². The minimum atomic E-state index is -0.381. The second kappa shape index (κ2) is 13.9. The van der Waals surface area contributed by atoms with E-state index in [-0.39, 0.29) is 23.6 Å². The van der Waals surface area contributed by atoms with E-state index in [1.807, 2.05) is 0 Å². The van der Waals surface area contributed by atoms with Gasteiger partial charge in [-0.1, -0.05) is 39.0 Å². The van der Waals surface area contributed by atoms with Gasteiger partial charge in [-0.3, -0.25) is 14.5 Å². The normalized spacial score (nSPS) is 10.6. The summed E-state index contributed by atoms with van der Waals surface area (Å²) in [4.78, 5) is 43.5. The Bertz CT molecular complexity index is 849. The first-order chi connectivity index (χ1) is 15.1. The van der Waals surface area contributed by atoms with Crippen molar-refractivity contribution < 1.29 is 9.59 Å². The highest BCUT2D eigenvalue weighted by Crippen LogP contribution is 2.03. The number of carbonyl (C=O) groups is 2. The predicted octanol–water partition coefficient (Wildman–Crippen LogP) is 2.96. The lowest BCUT2D eigenvalue weighted by atomic mass is 10.2. The van der Waals surface area contributed by atoms with Gasteiger partial charge in [-0.15, -0.1) is 0 Å². The number of carbonyl (C=O) groups excluding carboxylic acids is 2. The van der Waals surface area contributed by atoms with Crippen molar-refractivity contribution >= 4 is 17.9 Å². The van der Waals surface area contributed by atoms with E-state index >= 15 is 0 Å². The van der Waals surface area contributed by atoms with Gasteiger partial charge >= 0.3 is 17.8 Å².